The van der Waals surface area contributed by atoms with Crippen LogP contribution in [0.15, 0.2) is 35.2 Å². The Bertz CT molecular complexity index is 523. The van der Waals surface area contributed by atoms with Crippen LogP contribution >= 0.6 is 0 Å². The third kappa shape index (κ3) is 1.71. The Morgan fingerprint density at radius 2 is 1.81 bits per heavy atom. The van der Waals surface area contributed by atoms with Crippen molar-refractivity contribution in [1.29, 1.82) is 0 Å². The lowest BCUT2D eigenvalue weighted by Gasteiger charge is -2.07. The van der Waals surface area contributed by atoms with Gasteiger partial charge in [-0.15, -0.1) is 0 Å². The molecule has 0 radical (unpaired) electrons. The smallest absolute Gasteiger partial charge is 0.166 e. The van der Waals surface area contributed by atoms with Crippen LogP contribution in [0.4, 0.5) is 0 Å². The number of hydrogen-bond donors (Lipinski definition) is 2. The molecule has 0 fully saturated rings. The lowest BCUT2D eigenvalue weighted by atomic mass is 10.1. The summed E-state index contributed by atoms with van der Waals surface area (Å²) in [4.78, 5) is 1.12. The van der Waals surface area contributed by atoms with E-state index in [9.17, 15) is 10.2 Å². The van der Waals surface area contributed by atoms with E-state index in [0.29, 0.717) is 0 Å². The summed E-state index contributed by atoms with van der Waals surface area (Å²) in [7, 11) is 0.0954. The maximum atomic E-state index is 9.91. The van der Waals surface area contributed by atoms with Gasteiger partial charge in [-0.25, -0.2) is 0 Å². The fourth-order valence-corrected chi connectivity index (χ4v) is 2.96. The number of phenolic OH excluding ortho intramolecular Hbond substituents is 2. The Morgan fingerprint density at radius 3 is 2.50 bits per heavy atom. The van der Waals surface area contributed by atoms with E-state index in [2.05, 4.69) is 13.2 Å². The molecule has 2 aromatic rings. The van der Waals surface area contributed by atoms with E-state index in [1.54, 1.807) is 18.2 Å². The summed E-state index contributed by atoms with van der Waals surface area (Å²) >= 11 is 0. The summed E-state index contributed by atoms with van der Waals surface area (Å²) in [6.07, 6.45) is 2.15. The lowest BCUT2D eigenvalue weighted by Crippen LogP contribution is -2.03. The zero-order valence-corrected chi connectivity index (χ0v) is 10.2. The number of phenols is 2. The van der Waals surface area contributed by atoms with Gasteiger partial charge in [0.15, 0.2) is 4.90 Å². The largest absolute Gasteiger partial charge is 0.507 e. The van der Waals surface area contributed by atoms with Crippen molar-refractivity contribution >= 4 is 21.7 Å². The van der Waals surface area contributed by atoms with Crippen molar-refractivity contribution in [3.05, 3.63) is 30.3 Å². The van der Waals surface area contributed by atoms with Gasteiger partial charge in [-0.2, -0.15) is 0 Å². The van der Waals surface area contributed by atoms with Gasteiger partial charge >= 0.3 is 0 Å². The zero-order chi connectivity index (χ0) is 11.7. The second-order valence-corrected chi connectivity index (χ2v) is 6.00. The van der Waals surface area contributed by atoms with Crippen LogP contribution in [-0.2, 0) is 10.9 Å². The second kappa shape index (κ2) is 4.26. The molecule has 1 atom stereocenters. The minimum absolute atomic E-state index is 0.0954. The fourth-order valence-electron chi connectivity index (χ4n) is 1.79. The average Bonchev–Trinajstić information content (AvgIpc) is 2.30. The summed E-state index contributed by atoms with van der Waals surface area (Å²) in [5, 5.41) is 21.2. The highest BCUT2D eigenvalue weighted by Gasteiger charge is 2.20. The average molecular weight is 235 g/mol. The molecule has 0 aromatic heterocycles. The molecule has 2 nitrogen and oxygen atoms in total. The predicted octanol–water partition coefficient (Wildman–Crippen LogP) is 2.88. The third-order valence-electron chi connectivity index (χ3n) is 2.77. The molecule has 0 bridgehead atoms. The number of rotatable bonds is 2. The van der Waals surface area contributed by atoms with E-state index in [4.69, 9.17) is 0 Å². The highest BCUT2D eigenvalue weighted by Crippen LogP contribution is 2.36. The van der Waals surface area contributed by atoms with Crippen molar-refractivity contribution < 1.29 is 10.2 Å². The summed E-state index contributed by atoms with van der Waals surface area (Å²) in [6, 6.07) is 8.86. The molecule has 2 aromatic carbocycles. The molecule has 84 valence electrons. The van der Waals surface area contributed by atoms with Crippen LogP contribution < -0.4 is 0 Å². The molecule has 0 aliphatic rings. The van der Waals surface area contributed by atoms with Gasteiger partial charge in [-0.3, -0.25) is 0 Å². The molecule has 1 unspecified atom stereocenters. The molecular formula is C13H15O2S+. The molecule has 0 heterocycles. The van der Waals surface area contributed by atoms with Crippen LogP contribution in [-0.4, -0.2) is 22.2 Å². The Balaban J connectivity index is 2.81. The van der Waals surface area contributed by atoms with Crippen LogP contribution in [0.2, 0.25) is 0 Å². The summed E-state index contributed by atoms with van der Waals surface area (Å²) in [5.41, 5.74) is 0. The van der Waals surface area contributed by atoms with Gasteiger partial charge in [0.05, 0.1) is 5.39 Å². The molecule has 0 amide bonds. The van der Waals surface area contributed by atoms with Gasteiger partial charge < -0.3 is 10.2 Å². The van der Waals surface area contributed by atoms with Gasteiger partial charge in [-0.05, 0) is 25.1 Å². The van der Waals surface area contributed by atoms with E-state index in [0.717, 1.165) is 21.4 Å². The summed E-state index contributed by atoms with van der Waals surface area (Å²) in [6.45, 7) is 2.13. The molecule has 16 heavy (non-hydrogen) atoms. The van der Waals surface area contributed by atoms with E-state index in [1.807, 2.05) is 12.1 Å². The van der Waals surface area contributed by atoms with Gasteiger partial charge in [-0.1, -0.05) is 12.1 Å². The molecule has 0 spiro atoms. The Morgan fingerprint density at radius 1 is 1.06 bits per heavy atom. The van der Waals surface area contributed by atoms with Crippen molar-refractivity contribution in [3.8, 4) is 11.5 Å². The maximum absolute atomic E-state index is 9.91. The van der Waals surface area contributed by atoms with E-state index in [-0.39, 0.29) is 22.4 Å². The number of benzene rings is 2. The Kier molecular flexibility index (Phi) is 2.97. The fraction of sp³-hybridized carbons (Fsp3) is 0.231. The monoisotopic (exact) mass is 235 g/mol. The van der Waals surface area contributed by atoms with E-state index < -0.39 is 0 Å². The first-order valence-corrected chi connectivity index (χ1v) is 7.01. The quantitative estimate of drug-likeness (QED) is 0.786. The van der Waals surface area contributed by atoms with Gasteiger partial charge in [0.25, 0.3) is 0 Å². The molecule has 0 aliphatic carbocycles. The van der Waals surface area contributed by atoms with Crippen molar-refractivity contribution in [1.82, 2.24) is 0 Å². The molecule has 0 saturated heterocycles. The van der Waals surface area contributed by atoms with Gasteiger partial charge in [0.2, 0.25) is 0 Å². The van der Waals surface area contributed by atoms with Crippen molar-refractivity contribution in [2.45, 2.75) is 11.8 Å². The minimum atomic E-state index is 0.0954. The first-order valence-electron chi connectivity index (χ1n) is 5.21. The highest BCUT2D eigenvalue weighted by atomic mass is 32.2. The van der Waals surface area contributed by atoms with E-state index in [1.165, 1.54) is 0 Å². The third-order valence-corrected chi connectivity index (χ3v) is 4.72. The molecule has 2 N–H and O–H groups in total. The topological polar surface area (TPSA) is 40.5 Å². The molecule has 0 aliphatic heterocycles. The predicted molar refractivity (Wildman–Crippen MR) is 69.4 cm³/mol. The maximum Gasteiger partial charge on any atom is 0.166 e. The molecule has 3 heteroatoms. The zero-order valence-electron chi connectivity index (χ0n) is 9.40. The van der Waals surface area contributed by atoms with Crippen LogP contribution in [0, 0.1) is 0 Å². The van der Waals surface area contributed by atoms with Crippen LogP contribution in [0.3, 0.4) is 0 Å². The minimum Gasteiger partial charge on any atom is -0.507 e. The summed E-state index contributed by atoms with van der Waals surface area (Å²) in [5.74, 6) is 1.51. The van der Waals surface area contributed by atoms with Crippen LogP contribution in [0.1, 0.15) is 6.92 Å². The second-order valence-electron chi connectivity index (χ2n) is 3.71. The number of aromatic hydroxyl groups is 2. The molecular weight excluding hydrogens is 220 g/mol. The normalized spacial score (nSPS) is 12.9. The number of hydrogen-bond acceptors (Lipinski definition) is 2. The van der Waals surface area contributed by atoms with Gasteiger partial charge in [0, 0.05) is 16.3 Å². The lowest BCUT2D eigenvalue weighted by molar-refractivity contribution is 0.474. The van der Waals surface area contributed by atoms with Crippen LogP contribution in [0.25, 0.3) is 10.8 Å². The Labute approximate surface area is 97.9 Å². The molecule has 0 saturated carbocycles. The van der Waals surface area contributed by atoms with Crippen molar-refractivity contribution in [2.24, 2.45) is 0 Å². The van der Waals surface area contributed by atoms with E-state index >= 15 is 0 Å². The Hall–Kier alpha value is -1.35. The summed E-state index contributed by atoms with van der Waals surface area (Å²) < 4.78 is 0. The SMILES string of the molecule is CC[S+](C)c1ccc(O)c2cccc(O)c12. The van der Waals surface area contributed by atoms with Crippen LogP contribution in [0.5, 0.6) is 11.5 Å². The van der Waals surface area contributed by atoms with Crippen molar-refractivity contribution in [3.63, 3.8) is 0 Å². The molecule has 2 rings (SSSR count). The first kappa shape index (κ1) is 11.1. The van der Waals surface area contributed by atoms with Gasteiger partial charge in [0.1, 0.15) is 23.5 Å². The first-order chi connectivity index (χ1) is 7.65. The highest BCUT2D eigenvalue weighted by molar-refractivity contribution is 7.96. The van der Waals surface area contributed by atoms with Crippen molar-refractivity contribution in [2.75, 3.05) is 12.0 Å². The standard InChI is InChI=1S/C13H14O2S/c1-3-16(2)12-8-7-10(14)9-5-4-6-11(15)13(9)12/h4-8H,3H2,1-2H3,(H-,14,15)/p+1. The number of fused-ring (bicyclic) bond motifs is 1.